The highest BCUT2D eigenvalue weighted by atomic mass is 32.1. The molecule has 0 atom stereocenters. The second kappa shape index (κ2) is 11.6. The zero-order valence-corrected chi connectivity index (χ0v) is 20.9. The first-order valence-electron chi connectivity index (χ1n) is 12.2. The number of carbonyl (C=O) groups excluding carboxylic acids is 2. The summed E-state index contributed by atoms with van der Waals surface area (Å²) in [7, 11) is 0. The molecule has 7 nitrogen and oxygen atoms in total. The molecule has 1 fully saturated rings. The molecule has 1 aliphatic carbocycles. The summed E-state index contributed by atoms with van der Waals surface area (Å²) >= 11 is 1.63. The zero-order chi connectivity index (χ0) is 23.9. The normalized spacial score (nSPS) is 15.4. The van der Waals surface area contributed by atoms with E-state index in [-0.39, 0.29) is 37.2 Å². The summed E-state index contributed by atoms with van der Waals surface area (Å²) < 4.78 is 10.9. The summed E-state index contributed by atoms with van der Waals surface area (Å²) in [6.07, 6.45) is 5.57. The van der Waals surface area contributed by atoms with E-state index in [4.69, 9.17) is 9.47 Å². The number of urea groups is 1. The van der Waals surface area contributed by atoms with Crippen molar-refractivity contribution in [3.63, 3.8) is 0 Å². The Hall–Kier alpha value is -2.74. The van der Waals surface area contributed by atoms with Gasteiger partial charge in [-0.3, -0.25) is 4.79 Å². The molecule has 2 aromatic rings. The monoisotopic (exact) mass is 485 g/mol. The first kappa shape index (κ1) is 24.4. The Morgan fingerprint density at radius 1 is 1.06 bits per heavy atom. The Balaban J connectivity index is 1.46. The Morgan fingerprint density at radius 3 is 2.59 bits per heavy atom. The van der Waals surface area contributed by atoms with E-state index in [0.29, 0.717) is 25.4 Å². The van der Waals surface area contributed by atoms with E-state index < -0.39 is 0 Å². The van der Waals surface area contributed by atoms with Gasteiger partial charge in [0.1, 0.15) is 6.54 Å². The van der Waals surface area contributed by atoms with Gasteiger partial charge in [0, 0.05) is 24.0 Å². The maximum absolute atomic E-state index is 13.5. The first-order valence-corrected chi connectivity index (χ1v) is 13.1. The highest BCUT2D eigenvalue weighted by Gasteiger charge is 2.25. The van der Waals surface area contributed by atoms with E-state index in [1.165, 1.54) is 6.42 Å². The number of nitrogens with zero attached hydrogens (tertiary/aromatic N) is 2. The van der Waals surface area contributed by atoms with Gasteiger partial charge in [-0.1, -0.05) is 45.2 Å². The minimum absolute atomic E-state index is 0.0622. The van der Waals surface area contributed by atoms with E-state index in [1.54, 1.807) is 16.2 Å². The van der Waals surface area contributed by atoms with Crippen molar-refractivity contribution in [2.45, 2.75) is 65.1 Å². The molecule has 0 saturated heterocycles. The van der Waals surface area contributed by atoms with Crippen LogP contribution in [0, 0.1) is 5.92 Å². The van der Waals surface area contributed by atoms with Crippen molar-refractivity contribution < 1.29 is 19.1 Å². The summed E-state index contributed by atoms with van der Waals surface area (Å²) in [5.74, 6) is 1.63. The third kappa shape index (κ3) is 6.65. The van der Waals surface area contributed by atoms with Crippen molar-refractivity contribution in [3.05, 3.63) is 46.2 Å². The van der Waals surface area contributed by atoms with Gasteiger partial charge in [0.25, 0.3) is 0 Å². The van der Waals surface area contributed by atoms with E-state index in [1.807, 2.05) is 40.6 Å². The Morgan fingerprint density at radius 2 is 1.85 bits per heavy atom. The van der Waals surface area contributed by atoms with Crippen LogP contribution in [0.25, 0.3) is 0 Å². The van der Waals surface area contributed by atoms with Gasteiger partial charge in [-0.25, -0.2) is 4.79 Å². The molecule has 0 spiro atoms. The lowest BCUT2D eigenvalue weighted by Gasteiger charge is -2.31. The molecule has 0 radical (unpaired) electrons. The fourth-order valence-corrected chi connectivity index (χ4v) is 5.24. The fourth-order valence-electron chi connectivity index (χ4n) is 4.52. The quantitative estimate of drug-likeness (QED) is 0.542. The number of fused-ring (bicyclic) bond motifs is 1. The van der Waals surface area contributed by atoms with Crippen LogP contribution in [0.2, 0.25) is 0 Å². The molecule has 1 aromatic heterocycles. The lowest BCUT2D eigenvalue weighted by Crippen LogP contribution is -2.50. The van der Waals surface area contributed by atoms with Gasteiger partial charge in [0.05, 0.1) is 6.54 Å². The molecule has 2 heterocycles. The number of hydrogen-bond acceptors (Lipinski definition) is 5. The summed E-state index contributed by atoms with van der Waals surface area (Å²) in [5.41, 5.74) is 0.969. The Bertz CT molecular complexity index is 957. The molecule has 0 bridgehead atoms. The van der Waals surface area contributed by atoms with Crippen LogP contribution in [0.15, 0.2) is 35.7 Å². The Kier molecular flexibility index (Phi) is 8.32. The molecule has 2 aliphatic rings. The van der Waals surface area contributed by atoms with Gasteiger partial charge in [-0.15, -0.1) is 11.3 Å². The van der Waals surface area contributed by atoms with Crippen molar-refractivity contribution in [2.75, 3.05) is 19.9 Å². The van der Waals surface area contributed by atoms with Crippen molar-refractivity contribution in [3.8, 4) is 11.5 Å². The van der Waals surface area contributed by atoms with Crippen LogP contribution in [-0.2, 0) is 17.9 Å². The largest absolute Gasteiger partial charge is 0.454 e. The third-order valence-electron chi connectivity index (χ3n) is 6.22. The molecule has 4 rings (SSSR count). The highest BCUT2D eigenvalue weighted by molar-refractivity contribution is 7.09. The minimum Gasteiger partial charge on any atom is -0.454 e. The summed E-state index contributed by atoms with van der Waals surface area (Å²) in [4.78, 5) is 31.3. The number of rotatable bonds is 9. The summed E-state index contributed by atoms with van der Waals surface area (Å²) in [5, 5.41) is 5.20. The second-order valence-electron chi connectivity index (χ2n) is 9.58. The maximum atomic E-state index is 13.5. The molecule has 1 aliphatic heterocycles. The van der Waals surface area contributed by atoms with Gasteiger partial charge in [0.2, 0.25) is 12.7 Å². The molecular formula is C26H35N3O4S. The third-order valence-corrected chi connectivity index (χ3v) is 7.08. The Labute approximate surface area is 206 Å². The van der Waals surface area contributed by atoms with Crippen molar-refractivity contribution in [1.82, 2.24) is 15.1 Å². The number of benzene rings is 1. The maximum Gasteiger partial charge on any atom is 0.318 e. The summed E-state index contributed by atoms with van der Waals surface area (Å²) in [6.45, 7) is 5.91. The molecular weight excluding hydrogens is 450 g/mol. The van der Waals surface area contributed by atoms with Crippen LogP contribution in [0.1, 0.15) is 56.4 Å². The topological polar surface area (TPSA) is 71.1 Å². The van der Waals surface area contributed by atoms with E-state index in [0.717, 1.165) is 41.9 Å². The van der Waals surface area contributed by atoms with Gasteiger partial charge in [-0.2, -0.15) is 0 Å². The van der Waals surface area contributed by atoms with E-state index in [2.05, 4.69) is 19.2 Å². The van der Waals surface area contributed by atoms with Crippen LogP contribution in [0.5, 0.6) is 11.5 Å². The molecule has 1 saturated carbocycles. The van der Waals surface area contributed by atoms with E-state index in [9.17, 15) is 9.59 Å². The average Bonchev–Trinajstić information content (AvgIpc) is 3.50. The SMILES string of the molecule is CC(C)CN(CC(=O)N(Cc1ccc2c(c1)OCO2)Cc1cccs1)C(=O)NC1CCCCC1. The molecule has 34 heavy (non-hydrogen) atoms. The molecule has 3 amide bonds. The lowest BCUT2D eigenvalue weighted by molar-refractivity contribution is -0.133. The van der Waals surface area contributed by atoms with Crippen LogP contribution >= 0.6 is 11.3 Å². The average molecular weight is 486 g/mol. The molecule has 184 valence electrons. The number of hydrogen-bond donors (Lipinski definition) is 1. The van der Waals surface area contributed by atoms with Gasteiger partial charge in [-0.05, 0) is 47.9 Å². The minimum atomic E-state index is -0.131. The summed E-state index contributed by atoms with van der Waals surface area (Å²) in [6, 6.07) is 9.88. The number of thiophene rings is 1. The zero-order valence-electron chi connectivity index (χ0n) is 20.1. The lowest BCUT2D eigenvalue weighted by atomic mass is 9.96. The predicted octanol–water partition coefficient (Wildman–Crippen LogP) is 5.01. The molecule has 8 heteroatoms. The first-order chi connectivity index (χ1) is 16.5. The van der Waals surface area contributed by atoms with Gasteiger partial charge >= 0.3 is 6.03 Å². The van der Waals surface area contributed by atoms with Crippen molar-refractivity contribution in [1.29, 1.82) is 0 Å². The number of carbonyl (C=O) groups is 2. The number of nitrogens with one attached hydrogen (secondary N) is 1. The van der Waals surface area contributed by atoms with Gasteiger partial charge in [0.15, 0.2) is 11.5 Å². The second-order valence-corrected chi connectivity index (χ2v) is 10.6. The van der Waals surface area contributed by atoms with Crippen LogP contribution in [0.3, 0.4) is 0 Å². The predicted molar refractivity (Wildman–Crippen MR) is 133 cm³/mol. The van der Waals surface area contributed by atoms with Crippen LogP contribution < -0.4 is 14.8 Å². The van der Waals surface area contributed by atoms with Crippen LogP contribution in [0.4, 0.5) is 4.79 Å². The molecule has 1 N–H and O–H groups in total. The van der Waals surface area contributed by atoms with Crippen molar-refractivity contribution >= 4 is 23.3 Å². The van der Waals surface area contributed by atoms with E-state index >= 15 is 0 Å². The molecule has 0 unspecified atom stereocenters. The fraction of sp³-hybridized carbons (Fsp3) is 0.538. The number of ether oxygens (including phenoxy) is 2. The molecule has 1 aromatic carbocycles. The van der Waals surface area contributed by atoms with Crippen LogP contribution in [-0.4, -0.2) is 47.7 Å². The smallest absolute Gasteiger partial charge is 0.318 e. The van der Waals surface area contributed by atoms with Crippen molar-refractivity contribution in [2.24, 2.45) is 5.92 Å². The standard InChI is InChI=1S/C26H35N3O4S/c1-19(2)14-29(26(31)27-21-7-4-3-5-8-21)17-25(30)28(16-22-9-6-12-34-22)15-20-10-11-23-24(13-20)33-18-32-23/h6,9-13,19,21H,3-5,7-8,14-18H2,1-2H3,(H,27,31). The highest BCUT2D eigenvalue weighted by Crippen LogP contribution is 2.33. The van der Waals surface area contributed by atoms with Gasteiger partial charge < -0.3 is 24.6 Å². The number of amides is 3.